The molecule has 0 bridgehead atoms. The number of nitrogens with one attached hydrogen (secondary N) is 3. The van der Waals surface area contributed by atoms with E-state index in [4.69, 9.17) is 0 Å². The van der Waals surface area contributed by atoms with Gasteiger partial charge in [-0.05, 0) is 6.54 Å². The summed E-state index contributed by atoms with van der Waals surface area (Å²) >= 11 is 0. The van der Waals surface area contributed by atoms with Crippen molar-refractivity contribution >= 4 is 11.8 Å². The molecule has 0 saturated carbocycles. The third kappa shape index (κ3) is 3.00. The molecule has 6 heteroatoms. The molecule has 2 amide bonds. The van der Waals surface area contributed by atoms with E-state index in [9.17, 15) is 9.59 Å². The van der Waals surface area contributed by atoms with Crippen LogP contribution in [0.25, 0.3) is 0 Å². The second kappa shape index (κ2) is 4.78. The van der Waals surface area contributed by atoms with Crippen LogP contribution in [0.5, 0.6) is 0 Å². The Labute approximate surface area is 76.0 Å². The topological polar surface area (TPSA) is 79.5 Å². The van der Waals surface area contributed by atoms with Gasteiger partial charge in [0.15, 0.2) is 0 Å². The molecule has 0 radical (unpaired) electrons. The summed E-state index contributed by atoms with van der Waals surface area (Å²) < 4.78 is 0. The Morgan fingerprint density at radius 2 is 2.54 bits per heavy atom. The van der Waals surface area contributed by atoms with Gasteiger partial charge in [0.25, 0.3) is 5.91 Å². The average molecular weight is 187 g/mol. The first kappa shape index (κ1) is 9.94. The molecule has 1 saturated heterocycles. The highest BCUT2D eigenvalue weighted by atomic mass is 16.7. The first-order valence-electron chi connectivity index (χ1n) is 4.15. The molecule has 3 N–H and O–H groups in total. The third-order valence-corrected chi connectivity index (χ3v) is 1.61. The highest BCUT2D eigenvalue weighted by molar-refractivity contribution is 5.88. The fraction of sp³-hybridized carbons (Fsp3) is 0.714. The van der Waals surface area contributed by atoms with Gasteiger partial charge in [0.2, 0.25) is 5.91 Å². The fourth-order valence-electron chi connectivity index (χ4n) is 0.934. The number of carbonyl (C=O) groups is 2. The van der Waals surface area contributed by atoms with Crippen molar-refractivity contribution < 1.29 is 14.4 Å². The number of amides is 2. The molecule has 1 aliphatic heterocycles. The van der Waals surface area contributed by atoms with Crippen molar-refractivity contribution in [2.45, 2.75) is 13.0 Å². The van der Waals surface area contributed by atoms with Gasteiger partial charge in [0.1, 0.15) is 12.6 Å². The number of hydroxylamine groups is 1. The number of carbonyl (C=O) groups excluding carboxylic acids is 2. The van der Waals surface area contributed by atoms with Gasteiger partial charge >= 0.3 is 0 Å². The van der Waals surface area contributed by atoms with Crippen LogP contribution in [0.4, 0.5) is 0 Å². The molecule has 1 atom stereocenters. The Bertz CT molecular complexity index is 207. The van der Waals surface area contributed by atoms with Crippen molar-refractivity contribution in [2.24, 2.45) is 0 Å². The Kier molecular flexibility index (Phi) is 3.66. The zero-order valence-corrected chi connectivity index (χ0v) is 7.42. The average Bonchev–Trinajstić information content (AvgIpc) is 2.48. The normalized spacial score (nSPS) is 21.3. The molecule has 74 valence electrons. The summed E-state index contributed by atoms with van der Waals surface area (Å²) in [5.41, 5.74) is 2.16. The van der Waals surface area contributed by atoms with Gasteiger partial charge < -0.3 is 10.6 Å². The second-order valence-corrected chi connectivity index (χ2v) is 2.68. The van der Waals surface area contributed by atoms with Gasteiger partial charge in [0.05, 0.1) is 6.54 Å². The van der Waals surface area contributed by atoms with E-state index in [1.54, 1.807) is 0 Å². The number of likely N-dealkylation sites (N-methyl/N-ethyl adjacent to an activating group) is 1. The van der Waals surface area contributed by atoms with Gasteiger partial charge in [-0.3, -0.25) is 14.4 Å². The van der Waals surface area contributed by atoms with Crippen LogP contribution in [0.2, 0.25) is 0 Å². The van der Waals surface area contributed by atoms with Crippen molar-refractivity contribution in [1.29, 1.82) is 0 Å². The molecule has 0 spiro atoms. The van der Waals surface area contributed by atoms with E-state index in [0.29, 0.717) is 0 Å². The minimum Gasteiger partial charge on any atom is -0.341 e. The molecule has 0 unspecified atom stereocenters. The van der Waals surface area contributed by atoms with Crippen LogP contribution in [-0.2, 0) is 14.4 Å². The molecule has 0 aliphatic carbocycles. The van der Waals surface area contributed by atoms with Crippen LogP contribution >= 0.6 is 0 Å². The quantitative estimate of drug-likeness (QED) is 0.482. The first-order chi connectivity index (χ1) is 6.24. The first-order valence-corrected chi connectivity index (χ1v) is 4.15. The molecule has 0 aromatic heterocycles. The SMILES string of the molecule is CCNCC(=O)N[C@@H]1CONC1=O. The summed E-state index contributed by atoms with van der Waals surface area (Å²) in [6.07, 6.45) is 0. The van der Waals surface area contributed by atoms with E-state index < -0.39 is 6.04 Å². The molecule has 1 fully saturated rings. The van der Waals surface area contributed by atoms with E-state index in [0.717, 1.165) is 6.54 Å². The van der Waals surface area contributed by atoms with Crippen molar-refractivity contribution in [1.82, 2.24) is 16.1 Å². The maximum Gasteiger partial charge on any atom is 0.268 e. The molecule has 13 heavy (non-hydrogen) atoms. The van der Waals surface area contributed by atoms with Crippen LogP contribution in [-0.4, -0.2) is 37.6 Å². The number of hydrogen-bond acceptors (Lipinski definition) is 4. The molecule has 1 rings (SSSR count). The third-order valence-electron chi connectivity index (χ3n) is 1.61. The van der Waals surface area contributed by atoms with E-state index in [-0.39, 0.29) is 25.0 Å². The molecule has 0 aromatic carbocycles. The highest BCUT2D eigenvalue weighted by Gasteiger charge is 2.26. The van der Waals surface area contributed by atoms with Gasteiger partial charge in [-0.15, -0.1) is 0 Å². The smallest absolute Gasteiger partial charge is 0.268 e. The summed E-state index contributed by atoms with van der Waals surface area (Å²) in [4.78, 5) is 26.6. The minimum atomic E-state index is -0.550. The predicted octanol–water partition coefficient (Wildman–Crippen LogP) is -1.86. The Balaban J connectivity index is 2.23. The lowest BCUT2D eigenvalue weighted by Crippen LogP contribution is -2.45. The molecule has 1 heterocycles. The lowest BCUT2D eigenvalue weighted by molar-refractivity contribution is -0.128. The van der Waals surface area contributed by atoms with Crippen molar-refractivity contribution in [2.75, 3.05) is 19.7 Å². The zero-order chi connectivity index (χ0) is 9.68. The Hall–Kier alpha value is -1.14. The van der Waals surface area contributed by atoms with Crippen LogP contribution in [0.15, 0.2) is 0 Å². The zero-order valence-electron chi connectivity index (χ0n) is 7.42. The lowest BCUT2D eigenvalue weighted by Gasteiger charge is -2.07. The molecule has 0 aromatic rings. The summed E-state index contributed by atoms with van der Waals surface area (Å²) in [7, 11) is 0. The molecule has 1 aliphatic rings. The monoisotopic (exact) mass is 187 g/mol. The van der Waals surface area contributed by atoms with Crippen molar-refractivity contribution in [3.63, 3.8) is 0 Å². The van der Waals surface area contributed by atoms with Gasteiger partial charge in [-0.25, -0.2) is 5.48 Å². The standard InChI is InChI=1S/C7H13N3O3/c1-2-8-3-6(11)9-5-4-13-10-7(5)12/h5,8H,2-4H2,1H3,(H,9,11)(H,10,12)/t5-/m1/s1. The van der Waals surface area contributed by atoms with E-state index >= 15 is 0 Å². The fourth-order valence-corrected chi connectivity index (χ4v) is 0.934. The van der Waals surface area contributed by atoms with Crippen LogP contribution in [0, 0.1) is 0 Å². The van der Waals surface area contributed by atoms with Crippen LogP contribution in [0.3, 0.4) is 0 Å². The van der Waals surface area contributed by atoms with E-state index in [2.05, 4.69) is 21.0 Å². The highest BCUT2D eigenvalue weighted by Crippen LogP contribution is 1.92. The van der Waals surface area contributed by atoms with Crippen molar-refractivity contribution in [3.8, 4) is 0 Å². The van der Waals surface area contributed by atoms with Crippen LogP contribution in [0.1, 0.15) is 6.92 Å². The molecule has 6 nitrogen and oxygen atoms in total. The Morgan fingerprint density at radius 1 is 1.77 bits per heavy atom. The maximum atomic E-state index is 11.1. The van der Waals surface area contributed by atoms with Gasteiger partial charge in [0, 0.05) is 0 Å². The Morgan fingerprint density at radius 3 is 3.08 bits per heavy atom. The summed E-state index contributed by atoms with van der Waals surface area (Å²) in [5.74, 6) is -0.502. The summed E-state index contributed by atoms with van der Waals surface area (Å²) in [6.45, 7) is 3.04. The van der Waals surface area contributed by atoms with Gasteiger partial charge in [-0.2, -0.15) is 0 Å². The lowest BCUT2D eigenvalue weighted by atomic mass is 10.3. The largest absolute Gasteiger partial charge is 0.341 e. The van der Waals surface area contributed by atoms with Crippen molar-refractivity contribution in [3.05, 3.63) is 0 Å². The maximum absolute atomic E-state index is 11.1. The molecular weight excluding hydrogens is 174 g/mol. The van der Waals surface area contributed by atoms with Gasteiger partial charge in [-0.1, -0.05) is 6.92 Å². The minimum absolute atomic E-state index is 0.191. The second-order valence-electron chi connectivity index (χ2n) is 2.68. The summed E-state index contributed by atoms with van der Waals surface area (Å²) in [5, 5.41) is 5.38. The van der Waals surface area contributed by atoms with Crippen LogP contribution < -0.4 is 16.1 Å². The number of rotatable bonds is 4. The van der Waals surface area contributed by atoms with E-state index in [1.807, 2.05) is 6.92 Å². The predicted molar refractivity (Wildman–Crippen MR) is 44.6 cm³/mol. The number of hydrogen-bond donors (Lipinski definition) is 3. The summed E-state index contributed by atoms with van der Waals surface area (Å²) in [6, 6.07) is -0.550. The van der Waals surface area contributed by atoms with E-state index in [1.165, 1.54) is 0 Å². The molecular formula is C7H13N3O3.